The molecular weight excluding hydrogens is 308 g/mol. The largest absolute Gasteiger partial charge is 0.381 e. The van der Waals surface area contributed by atoms with E-state index in [1.165, 1.54) is 12.8 Å². The summed E-state index contributed by atoms with van der Waals surface area (Å²) in [6.45, 7) is 5.80. The Balaban J connectivity index is 0.00000220. The minimum Gasteiger partial charge on any atom is -0.381 e. The Morgan fingerprint density at radius 2 is 2.10 bits per heavy atom. The number of thioether (sulfide) groups is 1. The van der Waals surface area contributed by atoms with Gasteiger partial charge in [-0.25, -0.2) is 0 Å². The van der Waals surface area contributed by atoms with E-state index < -0.39 is 0 Å². The Hall–Kier alpha value is 0.0300. The fourth-order valence-corrected chi connectivity index (χ4v) is 4.35. The highest BCUT2D eigenvalue weighted by Gasteiger charge is 2.42. The number of likely N-dealkylation sites (tertiary alicyclic amines) is 1. The molecule has 0 saturated carbocycles. The van der Waals surface area contributed by atoms with E-state index >= 15 is 0 Å². The van der Waals surface area contributed by atoms with E-state index in [-0.39, 0.29) is 23.7 Å². The fourth-order valence-electron chi connectivity index (χ4n) is 3.26. The van der Waals surface area contributed by atoms with Crippen LogP contribution in [0.25, 0.3) is 0 Å². The summed E-state index contributed by atoms with van der Waals surface area (Å²) in [5.74, 6) is 1.41. The summed E-state index contributed by atoms with van der Waals surface area (Å²) in [4.78, 5) is 15.1. The molecule has 2 aliphatic heterocycles. The van der Waals surface area contributed by atoms with Crippen molar-refractivity contribution >= 4 is 30.1 Å². The van der Waals surface area contributed by atoms with E-state index in [0.717, 1.165) is 38.1 Å². The Morgan fingerprint density at radius 3 is 2.71 bits per heavy atom. The maximum Gasteiger partial charge on any atom is 0.230 e. The van der Waals surface area contributed by atoms with Crippen LogP contribution in [-0.4, -0.2) is 54.7 Å². The minimum atomic E-state index is -0.357. The Bertz CT molecular complexity index is 325. The molecule has 0 radical (unpaired) electrons. The number of halogens is 1. The lowest BCUT2D eigenvalue weighted by atomic mass is 9.79. The molecule has 124 valence electrons. The van der Waals surface area contributed by atoms with Gasteiger partial charge in [-0.15, -0.1) is 12.4 Å². The van der Waals surface area contributed by atoms with Gasteiger partial charge < -0.3 is 15.4 Å². The van der Waals surface area contributed by atoms with Gasteiger partial charge in [0, 0.05) is 38.1 Å². The first-order valence-electron chi connectivity index (χ1n) is 7.90. The first-order chi connectivity index (χ1) is 9.72. The first kappa shape index (κ1) is 19.1. The van der Waals surface area contributed by atoms with Gasteiger partial charge in [-0.3, -0.25) is 4.79 Å². The Kier molecular flexibility index (Phi) is 8.39. The van der Waals surface area contributed by atoms with E-state index in [9.17, 15) is 4.79 Å². The topological polar surface area (TPSA) is 55.6 Å². The number of amides is 1. The molecule has 2 heterocycles. The molecule has 2 saturated heterocycles. The Morgan fingerprint density at radius 1 is 1.38 bits per heavy atom. The number of hydrogen-bond acceptors (Lipinski definition) is 4. The van der Waals surface area contributed by atoms with Crippen molar-refractivity contribution in [1.29, 1.82) is 0 Å². The Labute approximate surface area is 138 Å². The zero-order chi connectivity index (χ0) is 14.4. The van der Waals surface area contributed by atoms with Crippen LogP contribution in [0.5, 0.6) is 0 Å². The van der Waals surface area contributed by atoms with E-state index in [0.29, 0.717) is 25.0 Å². The second-order valence-corrected chi connectivity index (χ2v) is 7.50. The summed E-state index contributed by atoms with van der Waals surface area (Å²) in [6.07, 6.45) is 5.17. The molecule has 1 atom stereocenters. The lowest BCUT2D eigenvalue weighted by Crippen LogP contribution is -2.52. The van der Waals surface area contributed by atoms with Crippen molar-refractivity contribution in [3.8, 4) is 0 Å². The summed E-state index contributed by atoms with van der Waals surface area (Å²) in [6, 6.07) is 0. The summed E-state index contributed by atoms with van der Waals surface area (Å²) in [5.41, 5.74) is 5.61. The summed E-state index contributed by atoms with van der Waals surface area (Å²) in [7, 11) is 0. The second-order valence-electron chi connectivity index (χ2n) is 5.92. The molecule has 1 amide bonds. The molecule has 2 fully saturated rings. The highest BCUT2D eigenvalue weighted by atomic mass is 35.5. The van der Waals surface area contributed by atoms with Gasteiger partial charge in [0.25, 0.3) is 0 Å². The molecule has 0 aromatic carbocycles. The number of nitrogens with two attached hydrogens (primary N) is 1. The highest BCUT2D eigenvalue weighted by Crippen LogP contribution is 2.33. The molecule has 6 heteroatoms. The zero-order valence-electron chi connectivity index (χ0n) is 13.0. The molecule has 1 unspecified atom stereocenters. The van der Waals surface area contributed by atoms with Gasteiger partial charge in [0.15, 0.2) is 0 Å². The van der Waals surface area contributed by atoms with Crippen LogP contribution in [0, 0.1) is 5.41 Å². The average Bonchev–Trinajstić information content (AvgIpc) is 2.73. The molecule has 0 spiro atoms. The summed E-state index contributed by atoms with van der Waals surface area (Å²) >= 11 is 1.99. The standard InChI is InChI=1S/C15H28N2O2S.ClH/c1-2-20-13-5-3-4-8-17(11-13)14(18)15(12-16)6-9-19-10-7-15;/h13H,2-12,16H2,1H3;1H. The number of hydrogen-bond donors (Lipinski definition) is 1. The third-order valence-corrected chi connectivity index (χ3v) is 5.80. The lowest BCUT2D eigenvalue weighted by Gasteiger charge is -2.39. The van der Waals surface area contributed by atoms with Gasteiger partial charge in [-0.1, -0.05) is 13.3 Å². The predicted octanol–water partition coefficient (Wildman–Crippen LogP) is 2.30. The van der Waals surface area contributed by atoms with Crippen molar-refractivity contribution in [3.63, 3.8) is 0 Å². The zero-order valence-corrected chi connectivity index (χ0v) is 14.6. The molecule has 2 N–H and O–H groups in total. The van der Waals surface area contributed by atoms with E-state index in [1.54, 1.807) is 0 Å². The lowest BCUT2D eigenvalue weighted by molar-refractivity contribution is -0.147. The maximum absolute atomic E-state index is 13.0. The molecule has 0 aromatic heterocycles. The third-order valence-electron chi connectivity index (χ3n) is 4.61. The van der Waals surface area contributed by atoms with E-state index in [4.69, 9.17) is 10.5 Å². The number of ether oxygens (including phenoxy) is 1. The van der Waals surface area contributed by atoms with Crippen molar-refractivity contribution < 1.29 is 9.53 Å². The van der Waals surface area contributed by atoms with Gasteiger partial charge in [0.2, 0.25) is 5.91 Å². The van der Waals surface area contributed by atoms with Crippen LogP contribution < -0.4 is 5.73 Å². The van der Waals surface area contributed by atoms with Crippen molar-refractivity contribution in [2.45, 2.75) is 44.3 Å². The van der Waals surface area contributed by atoms with Crippen LogP contribution in [0.3, 0.4) is 0 Å². The number of nitrogens with zero attached hydrogens (tertiary/aromatic N) is 1. The monoisotopic (exact) mass is 336 g/mol. The molecule has 0 aliphatic carbocycles. The van der Waals surface area contributed by atoms with Gasteiger partial charge >= 0.3 is 0 Å². The summed E-state index contributed by atoms with van der Waals surface area (Å²) in [5, 5.41) is 0.598. The van der Waals surface area contributed by atoms with Crippen LogP contribution in [0.4, 0.5) is 0 Å². The average molecular weight is 337 g/mol. The smallest absolute Gasteiger partial charge is 0.230 e. The van der Waals surface area contributed by atoms with Crippen LogP contribution in [0.1, 0.15) is 39.0 Å². The molecular formula is C15H29ClN2O2S. The highest BCUT2D eigenvalue weighted by molar-refractivity contribution is 7.99. The van der Waals surface area contributed by atoms with Gasteiger partial charge in [0.1, 0.15) is 0 Å². The van der Waals surface area contributed by atoms with Crippen LogP contribution >= 0.6 is 24.2 Å². The maximum atomic E-state index is 13.0. The molecule has 0 bridgehead atoms. The van der Waals surface area contributed by atoms with Gasteiger partial charge in [-0.2, -0.15) is 11.8 Å². The van der Waals surface area contributed by atoms with Crippen molar-refractivity contribution in [2.75, 3.05) is 38.6 Å². The summed E-state index contributed by atoms with van der Waals surface area (Å²) < 4.78 is 5.42. The van der Waals surface area contributed by atoms with E-state index in [2.05, 4.69) is 11.8 Å². The van der Waals surface area contributed by atoms with Crippen LogP contribution in [0.2, 0.25) is 0 Å². The number of rotatable bonds is 4. The predicted molar refractivity (Wildman–Crippen MR) is 91.1 cm³/mol. The van der Waals surface area contributed by atoms with Crippen molar-refractivity contribution in [3.05, 3.63) is 0 Å². The van der Waals surface area contributed by atoms with Gasteiger partial charge in [0.05, 0.1) is 5.41 Å². The number of carbonyl (C=O) groups excluding carboxylic acids is 1. The third kappa shape index (κ3) is 4.75. The molecule has 0 aromatic rings. The SMILES string of the molecule is CCSC1CCCCN(C(=O)C2(CN)CCOCC2)C1.Cl. The first-order valence-corrected chi connectivity index (χ1v) is 8.95. The van der Waals surface area contributed by atoms with Crippen molar-refractivity contribution in [1.82, 2.24) is 4.90 Å². The number of carbonyl (C=O) groups is 1. The molecule has 4 nitrogen and oxygen atoms in total. The molecule has 2 aliphatic rings. The normalized spacial score (nSPS) is 25.8. The fraction of sp³-hybridized carbons (Fsp3) is 0.933. The minimum absolute atomic E-state index is 0. The van der Waals surface area contributed by atoms with E-state index in [1.807, 2.05) is 11.8 Å². The second kappa shape index (κ2) is 9.23. The van der Waals surface area contributed by atoms with Crippen LogP contribution in [0.15, 0.2) is 0 Å². The molecule has 2 rings (SSSR count). The van der Waals surface area contributed by atoms with Crippen LogP contribution in [-0.2, 0) is 9.53 Å². The quantitative estimate of drug-likeness (QED) is 0.855. The van der Waals surface area contributed by atoms with Crippen molar-refractivity contribution in [2.24, 2.45) is 11.1 Å². The molecule has 21 heavy (non-hydrogen) atoms. The van der Waals surface area contributed by atoms with Gasteiger partial charge in [-0.05, 0) is 31.4 Å².